The second-order valence-corrected chi connectivity index (χ2v) is 4.45. The molecule has 0 N–H and O–H groups in total. The zero-order valence-corrected chi connectivity index (χ0v) is 11.4. The summed E-state index contributed by atoms with van der Waals surface area (Å²) in [6, 6.07) is 18.3. The summed E-state index contributed by atoms with van der Waals surface area (Å²) in [5.74, 6) is 0. The van der Waals surface area contributed by atoms with E-state index in [9.17, 15) is 0 Å². The van der Waals surface area contributed by atoms with Crippen LogP contribution in [-0.4, -0.2) is 0 Å². The van der Waals surface area contributed by atoms with Crippen LogP contribution in [0, 0.1) is 0 Å². The zero-order valence-electron chi connectivity index (χ0n) is 8.53. The highest BCUT2D eigenvalue weighted by atomic mass is 127. The van der Waals surface area contributed by atoms with Gasteiger partial charge in [-0.3, -0.25) is 0 Å². The molecule has 0 amide bonds. The smallest absolute Gasteiger partial charge is 0.0406 e. The Morgan fingerprint density at radius 2 is 1.44 bits per heavy atom. The number of hydrogen-bond acceptors (Lipinski definition) is 0. The van der Waals surface area contributed by atoms with E-state index in [2.05, 4.69) is 38.8 Å². The van der Waals surface area contributed by atoms with Gasteiger partial charge in [0.15, 0.2) is 0 Å². The van der Waals surface area contributed by atoms with Gasteiger partial charge in [0.1, 0.15) is 0 Å². The molecule has 16 heavy (non-hydrogen) atoms. The highest BCUT2D eigenvalue weighted by Gasteiger charge is 2.03. The lowest BCUT2D eigenvalue weighted by atomic mass is 10.00. The fraction of sp³-hybridized carbons (Fsp3) is 0. The van der Waals surface area contributed by atoms with Crippen molar-refractivity contribution in [3.8, 4) is 0 Å². The van der Waals surface area contributed by atoms with Gasteiger partial charge in [0.2, 0.25) is 0 Å². The van der Waals surface area contributed by atoms with Crippen molar-refractivity contribution in [3.05, 3.63) is 74.8 Å². The van der Waals surface area contributed by atoms with E-state index in [0.29, 0.717) is 0 Å². The Labute approximate surface area is 114 Å². The Morgan fingerprint density at radius 3 is 2.00 bits per heavy atom. The molecule has 0 radical (unpaired) electrons. The standard InChI is InChI=1S/C14H10ClI/c15-13-8-6-12(7-9-13)14(10-16)11-4-2-1-3-5-11/h1-10H/b14-10+. The first kappa shape index (κ1) is 11.7. The molecule has 0 atom stereocenters. The van der Waals surface area contributed by atoms with E-state index in [-0.39, 0.29) is 0 Å². The maximum Gasteiger partial charge on any atom is 0.0406 e. The molecule has 2 rings (SSSR count). The SMILES string of the molecule is Clc1ccc(/C(=C/I)c2ccccc2)cc1. The highest BCUT2D eigenvalue weighted by molar-refractivity contribution is 14.1. The van der Waals surface area contributed by atoms with Crippen molar-refractivity contribution in [1.29, 1.82) is 0 Å². The van der Waals surface area contributed by atoms with Gasteiger partial charge in [-0.2, -0.15) is 0 Å². The quantitative estimate of drug-likeness (QED) is 0.662. The Kier molecular flexibility index (Phi) is 4.02. The molecule has 2 aromatic rings. The van der Waals surface area contributed by atoms with Gasteiger partial charge >= 0.3 is 0 Å². The van der Waals surface area contributed by atoms with E-state index in [1.807, 2.05) is 42.5 Å². The van der Waals surface area contributed by atoms with Gasteiger partial charge < -0.3 is 0 Å². The monoisotopic (exact) mass is 340 g/mol. The summed E-state index contributed by atoms with van der Waals surface area (Å²) < 4.78 is 2.09. The summed E-state index contributed by atoms with van der Waals surface area (Å²) in [4.78, 5) is 0. The van der Waals surface area contributed by atoms with Crippen molar-refractivity contribution < 1.29 is 0 Å². The molecule has 0 heterocycles. The predicted octanol–water partition coefficient (Wildman–Crippen LogP) is 5.16. The summed E-state index contributed by atoms with van der Waals surface area (Å²) in [6.45, 7) is 0. The van der Waals surface area contributed by atoms with Gasteiger partial charge in [0, 0.05) is 5.02 Å². The average Bonchev–Trinajstić information content (AvgIpc) is 2.34. The van der Waals surface area contributed by atoms with E-state index < -0.39 is 0 Å². The van der Waals surface area contributed by atoms with E-state index in [1.54, 1.807) is 0 Å². The van der Waals surface area contributed by atoms with E-state index in [1.165, 1.54) is 16.7 Å². The van der Waals surface area contributed by atoms with Crippen LogP contribution in [0.2, 0.25) is 5.02 Å². The fourth-order valence-electron chi connectivity index (χ4n) is 1.54. The molecule has 0 fully saturated rings. The molecule has 0 aliphatic heterocycles. The van der Waals surface area contributed by atoms with Crippen molar-refractivity contribution >= 4 is 39.8 Å². The summed E-state index contributed by atoms with van der Waals surface area (Å²) in [7, 11) is 0. The summed E-state index contributed by atoms with van der Waals surface area (Å²) in [5.41, 5.74) is 3.63. The van der Waals surface area contributed by atoms with Crippen molar-refractivity contribution in [2.45, 2.75) is 0 Å². The van der Waals surface area contributed by atoms with Crippen molar-refractivity contribution in [2.24, 2.45) is 0 Å². The second kappa shape index (κ2) is 5.51. The van der Waals surface area contributed by atoms with Gasteiger partial charge in [-0.1, -0.05) is 76.7 Å². The number of rotatable bonds is 2. The molecular formula is C14H10ClI. The van der Waals surface area contributed by atoms with Crippen LogP contribution in [-0.2, 0) is 0 Å². The van der Waals surface area contributed by atoms with Gasteiger partial charge in [0.25, 0.3) is 0 Å². The van der Waals surface area contributed by atoms with Gasteiger partial charge in [-0.05, 0) is 32.9 Å². The molecule has 0 aliphatic carbocycles. The zero-order chi connectivity index (χ0) is 11.4. The van der Waals surface area contributed by atoms with Gasteiger partial charge in [0.05, 0.1) is 0 Å². The largest absolute Gasteiger partial charge is 0.0843 e. The van der Waals surface area contributed by atoms with Crippen LogP contribution in [0.1, 0.15) is 11.1 Å². The third-order valence-corrected chi connectivity index (χ3v) is 3.22. The second-order valence-electron chi connectivity index (χ2n) is 3.40. The van der Waals surface area contributed by atoms with Crippen molar-refractivity contribution in [1.82, 2.24) is 0 Å². The Bertz CT molecular complexity index is 486. The molecule has 0 nitrogen and oxygen atoms in total. The summed E-state index contributed by atoms with van der Waals surface area (Å²) in [5, 5.41) is 0.768. The van der Waals surface area contributed by atoms with Crippen LogP contribution in [0.3, 0.4) is 0 Å². The van der Waals surface area contributed by atoms with Crippen LogP contribution in [0.5, 0.6) is 0 Å². The maximum absolute atomic E-state index is 5.88. The fourth-order valence-corrected chi connectivity index (χ4v) is 2.38. The summed E-state index contributed by atoms with van der Waals surface area (Å²) >= 11 is 8.15. The first-order chi connectivity index (χ1) is 7.81. The topological polar surface area (TPSA) is 0 Å². The van der Waals surface area contributed by atoms with Gasteiger partial charge in [-0.15, -0.1) is 0 Å². The van der Waals surface area contributed by atoms with Crippen molar-refractivity contribution in [3.63, 3.8) is 0 Å². The van der Waals surface area contributed by atoms with Crippen LogP contribution < -0.4 is 0 Å². The molecule has 2 aromatic carbocycles. The minimum Gasteiger partial charge on any atom is -0.0843 e. The molecular weight excluding hydrogens is 331 g/mol. The normalized spacial score (nSPS) is 11.5. The maximum atomic E-state index is 5.88. The lowest BCUT2D eigenvalue weighted by molar-refractivity contribution is 1.56. The van der Waals surface area contributed by atoms with Crippen LogP contribution in [0.15, 0.2) is 58.7 Å². The number of halogens is 2. The van der Waals surface area contributed by atoms with Crippen LogP contribution in [0.4, 0.5) is 0 Å². The average molecular weight is 341 g/mol. The molecule has 0 spiro atoms. The molecule has 0 unspecified atom stereocenters. The Balaban J connectivity index is 2.42. The molecule has 2 heteroatoms. The molecule has 0 bridgehead atoms. The Hall–Kier alpha value is -0.800. The Morgan fingerprint density at radius 1 is 0.875 bits per heavy atom. The van der Waals surface area contributed by atoms with Crippen LogP contribution >= 0.6 is 34.2 Å². The lowest BCUT2D eigenvalue weighted by Crippen LogP contribution is -1.85. The summed E-state index contributed by atoms with van der Waals surface area (Å²) in [6.07, 6.45) is 0. The molecule has 80 valence electrons. The predicted molar refractivity (Wildman–Crippen MR) is 79.0 cm³/mol. The van der Waals surface area contributed by atoms with E-state index in [0.717, 1.165) is 5.02 Å². The van der Waals surface area contributed by atoms with Gasteiger partial charge in [-0.25, -0.2) is 0 Å². The lowest BCUT2D eigenvalue weighted by Gasteiger charge is -2.06. The molecule has 0 aliphatic rings. The third-order valence-electron chi connectivity index (χ3n) is 2.35. The minimum atomic E-state index is 0.768. The van der Waals surface area contributed by atoms with Crippen molar-refractivity contribution in [2.75, 3.05) is 0 Å². The molecule has 0 aromatic heterocycles. The first-order valence-corrected chi connectivity index (χ1v) is 6.55. The van der Waals surface area contributed by atoms with E-state index >= 15 is 0 Å². The molecule has 0 saturated carbocycles. The van der Waals surface area contributed by atoms with E-state index in [4.69, 9.17) is 11.6 Å². The molecule has 0 saturated heterocycles. The number of benzene rings is 2. The first-order valence-electron chi connectivity index (χ1n) is 4.93. The third kappa shape index (κ3) is 2.66. The number of hydrogen-bond donors (Lipinski definition) is 0. The minimum absolute atomic E-state index is 0.768. The highest BCUT2D eigenvalue weighted by Crippen LogP contribution is 2.25. The van der Waals surface area contributed by atoms with Crippen LogP contribution in [0.25, 0.3) is 5.57 Å².